The van der Waals surface area contributed by atoms with Crippen LogP contribution >= 0.6 is 0 Å². The van der Waals surface area contributed by atoms with E-state index in [1.807, 2.05) is 38.1 Å². The van der Waals surface area contributed by atoms with Crippen LogP contribution in [0.1, 0.15) is 28.3 Å². The van der Waals surface area contributed by atoms with Crippen LogP contribution in [-0.2, 0) is 20.9 Å². The van der Waals surface area contributed by atoms with Crippen molar-refractivity contribution in [2.24, 2.45) is 0 Å². The number of ether oxygens (including phenoxy) is 3. The lowest BCUT2D eigenvalue weighted by Gasteiger charge is -2.33. The predicted molar refractivity (Wildman–Crippen MR) is 116 cm³/mol. The molecule has 1 atom stereocenters. The van der Waals surface area contributed by atoms with Gasteiger partial charge in [-0.05, 0) is 42.7 Å². The topological polar surface area (TPSA) is 106 Å². The minimum Gasteiger partial charge on any atom is -0.456 e. The highest BCUT2D eigenvalue weighted by molar-refractivity contribution is 5.98. The number of amides is 3. The molecule has 2 N–H and O–H groups in total. The maximum atomic E-state index is 13.0. The Hall–Kier alpha value is -4.01. The summed E-state index contributed by atoms with van der Waals surface area (Å²) in [6, 6.07) is 10.2. The van der Waals surface area contributed by atoms with Gasteiger partial charge >= 0.3 is 12.0 Å². The van der Waals surface area contributed by atoms with Crippen LogP contribution in [0.5, 0.6) is 11.5 Å². The molecule has 0 radical (unpaired) electrons. The van der Waals surface area contributed by atoms with E-state index in [1.54, 1.807) is 12.1 Å². The summed E-state index contributed by atoms with van der Waals surface area (Å²) in [5.41, 5.74) is 4.43. The number of carbonyl (C=O) groups excluding carboxylic acids is 3. The van der Waals surface area contributed by atoms with Crippen molar-refractivity contribution in [3.63, 3.8) is 0 Å². The van der Waals surface area contributed by atoms with E-state index in [9.17, 15) is 14.4 Å². The fourth-order valence-corrected chi connectivity index (χ4v) is 4.23. The van der Waals surface area contributed by atoms with Crippen molar-refractivity contribution < 1.29 is 28.6 Å². The Kier molecular flexibility index (Phi) is 5.16. The normalized spacial score (nSPS) is 18.7. The number of aryl methyl sites for hydroxylation is 2. The molecule has 0 unspecified atom stereocenters. The van der Waals surface area contributed by atoms with E-state index in [1.165, 1.54) is 4.90 Å². The van der Waals surface area contributed by atoms with Crippen LogP contribution < -0.4 is 20.1 Å². The summed E-state index contributed by atoms with van der Waals surface area (Å²) >= 11 is 0. The van der Waals surface area contributed by atoms with Crippen molar-refractivity contribution in [2.75, 3.05) is 19.9 Å². The highest BCUT2D eigenvalue weighted by atomic mass is 16.7. The molecule has 3 aliphatic heterocycles. The number of nitrogens with one attached hydrogen (secondary N) is 2. The first-order valence-electron chi connectivity index (χ1n) is 10.6. The molecule has 3 aliphatic rings. The van der Waals surface area contributed by atoms with Crippen LogP contribution in [0.4, 0.5) is 4.79 Å². The summed E-state index contributed by atoms with van der Waals surface area (Å²) in [4.78, 5) is 39.4. The Morgan fingerprint density at radius 2 is 1.91 bits per heavy atom. The fourth-order valence-electron chi connectivity index (χ4n) is 4.23. The average molecular weight is 449 g/mol. The molecule has 2 aromatic rings. The summed E-state index contributed by atoms with van der Waals surface area (Å²) < 4.78 is 15.9. The van der Waals surface area contributed by atoms with Crippen molar-refractivity contribution >= 4 is 17.9 Å². The first kappa shape index (κ1) is 20.9. The number of fused-ring (bicyclic) bond motifs is 1. The molecule has 0 saturated heterocycles. The number of benzene rings is 2. The first-order valence-corrected chi connectivity index (χ1v) is 10.6. The molecule has 0 bridgehead atoms. The van der Waals surface area contributed by atoms with Crippen LogP contribution in [0, 0.1) is 13.8 Å². The Balaban J connectivity index is 1.33. The van der Waals surface area contributed by atoms with E-state index in [0.29, 0.717) is 22.8 Å². The highest BCUT2D eigenvalue weighted by Crippen LogP contribution is 2.36. The molecular weight excluding hydrogens is 426 g/mol. The van der Waals surface area contributed by atoms with Crippen molar-refractivity contribution in [3.05, 3.63) is 69.9 Å². The second-order valence-electron chi connectivity index (χ2n) is 8.23. The van der Waals surface area contributed by atoms with Gasteiger partial charge in [0.1, 0.15) is 13.2 Å². The third-order valence-corrected chi connectivity index (χ3v) is 5.97. The zero-order valence-corrected chi connectivity index (χ0v) is 18.3. The van der Waals surface area contributed by atoms with Crippen LogP contribution in [0.15, 0.2) is 47.7 Å². The van der Waals surface area contributed by atoms with E-state index < -0.39 is 18.0 Å². The number of cyclic esters (lactones) is 1. The number of hydrogen-bond donors (Lipinski definition) is 2. The van der Waals surface area contributed by atoms with Crippen molar-refractivity contribution in [1.82, 2.24) is 15.5 Å². The van der Waals surface area contributed by atoms with E-state index >= 15 is 0 Å². The third kappa shape index (κ3) is 3.86. The van der Waals surface area contributed by atoms with Gasteiger partial charge in [-0.1, -0.05) is 29.8 Å². The number of urea groups is 1. The Labute approximate surface area is 190 Å². The fraction of sp³-hybridized carbons (Fsp3) is 0.292. The minimum atomic E-state index is -0.615. The molecule has 0 aromatic heterocycles. The lowest BCUT2D eigenvalue weighted by molar-refractivity contribution is -0.136. The smallest absolute Gasteiger partial charge is 0.338 e. The van der Waals surface area contributed by atoms with Gasteiger partial charge in [0.05, 0.1) is 17.3 Å². The van der Waals surface area contributed by atoms with Gasteiger partial charge in [0.2, 0.25) is 12.7 Å². The molecule has 170 valence electrons. The van der Waals surface area contributed by atoms with Gasteiger partial charge in [0.25, 0.3) is 0 Å². The predicted octanol–water partition coefficient (Wildman–Crippen LogP) is 2.23. The van der Waals surface area contributed by atoms with E-state index in [0.717, 1.165) is 22.3 Å². The second-order valence-corrected chi connectivity index (χ2v) is 8.23. The van der Waals surface area contributed by atoms with Crippen LogP contribution in [-0.4, -0.2) is 42.8 Å². The van der Waals surface area contributed by atoms with E-state index in [-0.39, 0.29) is 32.4 Å². The average Bonchev–Trinajstić information content (AvgIpc) is 3.42. The Bertz CT molecular complexity index is 1200. The maximum absolute atomic E-state index is 13.0. The van der Waals surface area contributed by atoms with Gasteiger partial charge in [-0.3, -0.25) is 9.69 Å². The molecular formula is C24H23N3O6. The van der Waals surface area contributed by atoms with E-state index in [4.69, 9.17) is 14.2 Å². The summed E-state index contributed by atoms with van der Waals surface area (Å²) in [5, 5.41) is 5.68. The Morgan fingerprint density at radius 3 is 2.76 bits per heavy atom. The number of esters is 1. The van der Waals surface area contributed by atoms with Crippen molar-refractivity contribution in [3.8, 4) is 11.5 Å². The van der Waals surface area contributed by atoms with Crippen molar-refractivity contribution in [2.45, 2.75) is 26.4 Å². The van der Waals surface area contributed by atoms with Crippen LogP contribution in [0.2, 0.25) is 0 Å². The summed E-state index contributed by atoms with van der Waals surface area (Å²) in [7, 11) is 0. The number of rotatable bonds is 5. The standard InChI is InChI=1S/C24H23N3O6/c1-13-3-4-14(2)16(7-13)22-21-17(11-31-23(21)29)27(24(30)26-22)10-20(28)25-9-15-5-6-18-19(8-15)33-12-32-18/h3-8,22H,9-12H2,1-2H3,(H,25,28)(H,26,30)/t22-/m0/s1. The molecule has 0 fully saturated rings. The molecule has 0 saturated carbocycles. The molecule has 33 heavy (non-hydrogen) atoms. The molecule has 9 nitrogen and oxygen atoms in total. The summed E-state index contributed by atoms with van der Waals surface area (Å²) in [6.07, 6.45) is 0. The zero-order chi connectivity index (χ0) is 23.1. The second kappa shape index (κ2) is 8.16. The first-order chi connectivity index (χ1) is 15.9. The van der Waals surface area contributed by atoms with Crippen LogP contribution in [0.25, 0.3) is 0 Å². The molecule has 3 amide bonds. The zero-order valence-electron chi connectivity index (χ0n) is 18.3. The maximum Gasteiger partial charge on any atom is 0.338 e. The lowest BCUT2D eigenvalue weighted by Crippen LogP contribution is -2.50. The SMILES string of the molecule is Cc1ccc(C)c([C@@H]2NC(=O)N(CC(=O)NCc3ccc4c(c3)OCO4)C3=C2C(=O)OC3)c1. The minimum absolute atomic E-state index is 0.0433. The summed E-state index contributed by atoms with van der Waals surface area (Å²) in [5.74, 6) is 0.450. The molecule has 5 rings (SSSR count). The number of nitrogens with zero attached hydrogens (tertiary/aromatic N) is 1. The lowest BCUT2D eigenvalue weighted by atomic mass is 9.91. The molecule has 0 aliphatic carbocycles. The van der Waals surface area contributed by atoms with Gasteiger partial charge in [-0.2, -0.15) is 0 Å². The highest BCUT2D eigenvalue weighted by Gasteiger charge is 2.43. The number of carbonyl (C=O) groups is 3. The van der Waals surface area contributed by atoms with Gasteiger partial charge < -0.3 is 24.8 Å². The molecule has 0 spiro atoms. The number of hydrogen-bond acceptors (Lipinski definition) is 6. The van der Waals surface area contributed by atoms with Gasteiger partial charge in [-0.15, -0.1) is 0 Å². The molecule has 2 aromatic carbocycles. The van der Waals surface area contributed by atoms with Gasteiger partial charge in [0, 0.05) is 6.54 Å². The Morgan fingerprint density at radius 1 is 1.09 bits per heavy atom. The van der Waals surface area contributed by atoms with Gasteiger partial charge in [-0.25, -0.2) is 9.59 Å². The summed E-state index contributed by atoms with van der Waals surface area (Å²) in [6.45, 7) is 4.04. The van der Waals surface area contributed by atoms with Crippen LogP contribution in [0.3, 0.4) is 0 Å². The molecule has 9 heteroatoms. The largest absolute Gasteiger partial charge is 0.456 e. The van der Waals surface area contributed by atoms with Crippen molar-refractivity contribution in [1.29, 1.82) is 0 Å². The van der Waals surface area contributed by atoms with Gasteiger partial charge in [0.15, 0.2) is 11.5 Å². The molecule has 3 heterocycles. The third-order valence-electron chi connectivity index (χ3n) is 5.97. The van der Waals surface area contributed by atoms with E-state index in [2.05, 4.69) is 10.6 Å². The quantitative estimate of drug-likeness (QED) is 0.678. The monoisotopic (exact) mass is 449 g/mol.